The first-order chi connectivity index (χ1) is 12.8. The molecular weight excluding hydrogens is 451 g/mol. The molecule has 2 fully saturated rings. The largest absolute Gasteiger partial charge is 0.356 e. The summed E-state index contributed by atoms with van der Waals surface area (Å²) >= 11 is 0. The maximum absolute atomic E-state index is 4.53. The zero-order chi connectivity index (χ0) is 17.8. The number of aliphatic imine (C=N–C) groups is 1. The molecule has 2 aromatic heterocycles. The van der Waals surface area contributed by atoms with Crippen molar-refractivity contribution in [1.82, 2.24) is 24.8 Å². The molecule has 7 heteroatoms. The number of fused-ring (bicyclic) bond motifs is 1. The molecule has 1 aliphatic heterocycles. The number of aryl methyl sites for hydroxylation is 1. The summed E-state index contributed by atoms with van der Waals surface area (Å²) in [6, 6.07) is 6.01. The lowest BCUT2D eigenvalue weighted by Gasteiger charge is -2.33. The van der Waals surface area contributed by atoms with E-state index in [0.717, 1.165) is 43.4 Å². The number of guanidine groups is 1. The summed E-state index contributed by atoms with van der Waals surface area (Å²) in [7, 11) is 1.90. The predicted molar refractivity (Wildman–Crippen MR) is 120 cm³/mol. The molecule has 0 aromatic carbocycles. The van der Waals surface area contributed by atoms with Crippen molar-refractivity contribution in [3.8, 4) is 0 Å². The van der Waals surface area contributed by atoms with Gasteiger partial charge in [-0.15, -0.1) is 34.2 Å². The second kappa shape index (κ2) is 9.21. The van der Waals surface area contributed by atoms with Crippen molar-refractivity contribution >= 4 is 35.6 Å². The predicted octanol–water partition coefficient (Wildman–Crippen LogP) is 3.51. The van der Waals surface area contributed by atoms with Crippen LogP contribution < -0.4 is 5.32 Å². The van der Waals surface area contributed by atoms with Crippen LogP contribution >= 0.6 is 24.0 Å². The van der Waals surface area contributed by atoms with Gasteiger partial charge in [0, 0.05) is 39.3 Å². The first kappa shape index (κ1) is 20.4. The molecule has 1 spiro atoms. The van der Waals surface area contributed by atoms with E-state index in [1.54, 1.807) is 0 Å². The van der Waals surface area contributed by atoms with Gasteiger partial charge in [-0.3, -0.25) is 9.39 Å². The lowest BCUT2D eigenvalue weighted by Crippen LogP contribution is -2.42. The maximum Gasteiger partial charge on any atom is 0.193 e. The van der Waals surface area contributed by atoms with E-state index in [4.69, 9.17) is 0 Å². The van der Waals surface area contributed by atoms with Gasteiger partial charge in [-0.05, 0) is 43.2 Å². The van der Waals surface area contributed by atoms with Crippen molar-refractivity contribution in [3.63, 3.8) is 0 Å². The van der Waals surface area contributed by atoms with Crippen molar-refractivity contribution in [2.75, 3.05) is 26.7 Å². The lowest BCUT2D eigenvalue weighted by molar-refractivity contribution is 0.203. The van der Waals surface area contributed by atoms with Gasteiger partial charge in [0.15, 0.2) is 11.6 Å². The van der Waals surface area contributed by atoms with Gasteiger partial charge < -0.3 is 10.2 Å². The number of hydrogen-bond donors (Lipinski definition) is 1. The Morgan fingerprint density at radius 3 is 2.85 bits per heavy atom. The molecule has 148 valence electrons. The van der Waals surface area contributed by atoms with Crippen LogP contribution in [0.2, 0.25) is 0 Å². The van der Waals surface area contributed by atoms with Crippen LogP contribution in [0.15, 0.2) is 29.4 Å². The van der Waals surface area contributed by atoms with E-state index in [9.17, 15) is 0 Å². The Morgan fingerprint density at radius 1 is 1.19 bits per heavy atom. The molecule has 0 unspecified atom stereocenters. The van der Waals surface area contributed by atoms with Crippen LogP contribution in [-0.4, -0.2) is 52.1 Å². The van der Waals surface area contributed by atoms with Crippen LogP contribution in [0.3, 0.4) is 0 Å². The van der Waals surface area contributed by atoms with Crippen molar-refractivity contribution in [2.45, 2.75) is 51.4 Å². The zero-order valence-corrected chi connectivity index (χ0v) is 18.6. The second-order valence-corrected chi connectivity index (χ2v) is 7.85. The highest BCUT2D eigenvalue weighted by Crippen LogP contribution is 2.43. The van der Waals surface area contributed by atoms with E-state index < -0.39 is 0 Å². The zero-order valence-electron chi connectivity index (χ0n) is 16.2. The number of likely N-dealkylation sites (tertiary alicyclic amines) is 1. The highest BCUT2D eigenvalue weighted by molar-refractivity contribution is 14.0. The smallest absolute Gasteiger partial charge is 0.193 e. The first-order valence-electron chi connectivity index (χ1n) is 10.0. The monoisotopic (exact) mass is 482 g/mol. The Balaban J connectivity index is 0.00000210. The average Bonchev–Trinajstić information content (AvgIpc) is 3.27. The molecular formula is C20H31IN6. The summed E-state index contributed by atoms with van der Waals surface area (Å²) in [5.74, 6) is 2.10. The third kappa shape index (κ3) is 4.55. The van der Waals surface area contributed by atoms with Gasteiger partial charge in [0.05, 0.1) is 0 Å². The number of hydrogen-bond acceptors (Lipinski definition) is 3. The molecule has 27 heavy (non-hydrogen) atoms. The van der Waals surface area contributed by atoms with Gasteiger partial charge in [0.1, 0.15) is 5.82 Å². The minimum Gasteiger partial charge on any atom is -0.356 e. The van der Waals surface area contributed by atoms with Gasteiger partial charge >= 0.3 is 0 Å². The number of aromatic nitrogens is 3. The molecule has 1 saturated carbocycles. The van der Waals surface area contributed by atoms with Crippen LogP contribution in [0.25, 0.3) is 5.65 Å². The summed E-state index contributed by atoms with van der Waals surface area (Å²) in [6.45, 7) is 3.24. The molecule has 0 atom stereocenters. The van der Waals surface area contributed by atoms with Crippen molar-refractivity contribution in [3.05, 3.63) is 30.2 Å². The number of nitrogens with zero attached hydrogens (tertiary/aromatic N) is 5. The van der Waals surface area contributed by atoms with Crippen molar-refractivity contribution < 1.29 is 0 Å². The van der Waals surface area contributed by atoms with Gasteiger partial charge in [-0.25, -0.2) is 0 Å². The summed E-state index contributed by atoms with van der Waals surface area (Å²) in [6.07, 6.45) is 12.3. The van der Waals surface area contributed by atoms with Gasteiger partial charge in [0.25, 0.3) is 0 Å². The Kier molecular flexibility index (Phi) is 6.94. The van der Waals surface area contributed by atoms with Crippen LogP contribution in [0.1, 0.15) is 50.8 Å². The average molecular weight is 482 g/mol. The molecule has 6 nitrogen and oxygen atoms in total. The van der Waals surface area contributed by atoms with E-state index in [-0.39, 0.29) is 24.0 Å². The fourth-order valence-corrected chi connectivity index (χ4v) is 4.67. The minimum atomic E-state index is 0. The molecule has 0 amide bonds. The van der Waals surface area contributed by atoms with Gasteiger partial charge in [0.2, 0.25) is 0 Å². The third-order valence-corrected chi connectivity index (χ3v) is 6.11. The van der Waals surface area contributed by atoms with E-state index in [2.05, 4.69) is 29.8 Å². The molecule has 2 aliphatic rings. The highest BCUT2D eigenvalue weighted by Gasteiger charge is 2.39. The summed E-state index contributed by atoms with van der Waals surface area (Å²) in [4.78, 5) is 7.00. The fraction of sp³-hybridized carbons (Fsp3) is 0.650. The molecule has 0 radical (unpaired) electrons. The molecule has 1 aliphatic carbocycles. The molecule has 1 saturated heterocycles. The summed E-state index contributed by atoms with van der Waals surface area (Å²) in [5.41, 5.74) is 1.48. The molecule has 1 N–H and O–H groups in total. The molecule has 4 rings (SSSR count). The Morgan fingerprint density at radius 2 is 2.04 bits per heavy atom. The maximum atomic E-state index is 4.53. The standard InChI is InChI=1S/C20H30N6.HI/c1-21-19(25-15-12-20(16-25)10-4-2-5-11-20)22-13-7-9-18-24-23-17-8-3-6-14-26(17)18;/h3,6,8,14H,2,4-5,7,9-13,15-16H2,1H3,(H,21,22);1H. The molecule has 2 aromatic rings. The normalized spacial score (nSPS) is 19.4. The number of nitrogens with one attached hydrogen (secondary N) is 1. The SMILES string of the molecule is CN=C(NCCCc1nnc2ccccn12)N1CCC2(CCCCC2)C1.I. The third-order valence-electron chi connectivity index (χ3n) is 6.11. The molecule has 0 bridgehead atoms. The Hall–Kier alpha value is -1.38. The Labute approximate surface area is 178 Å². The Bertz CT molecular complexity index is 765. The van der Waals surface area contributed by atoms with E-state index in [0.29, 0.717) is 5.41 Å². The minimum absolute atomic E-state index is 0. The van der Waals surface area contributed by atoms with Gasteiger partial charge in [-0.1, -0.05) is 25.3 Å². The van der Waals surface area contributed by atoms with Crippen LogP contribution in [0.4, 0.5) is 0 Å². The van der Waals surface area contributed by atoms with Crippen LogP contribution in [0, 0.1) is 5.41 Å². The fourth-order valence-electron chi connectivity index (χ4n) is 4.67. The lowest BCUT2D eigenvalue weighted by atomic mass is 9.73. The quantitative estimate of drug-likeness (QED) is 0.314. The number of rotatable bonds is 4. The van der Waals surface area contributed by atoms with Crippen molar-refractivity contribution in [1.29, 1.82) is 0 Å². The number of pyridine rings is 1. The van der Waals surface area contributed by atoms with E-state index >= 15 is 0 Å². The van der Waals surface area contributed by atoms with Crippen molar-refractivity contribution in [2.24, 2.45) is 10.4 Å². The number of halogens is 1. The summed E-state index contributed by atoms with van der Waals surface area (Å²) < 4.78 is 2.07. The molecule has 3 heterocycles. The second-order valence-electron chi connectivity index (χ2n) is 7.85. The van der Waals surface area contributed by atoms with E-state index in [1.165, 1.54) is 45.1 Å². The van der Waals surface area contributed by atoms with E-state index in [1.807, 2.05) is 31.4 Å². The van der Waals surface area contributed by atoms with Crippen LogP contribution in [-0.2, 0) is 6.42 Å². The first-order valence-corrected chi connectivity index (χ1v) is 10.0. The highest BCUT2D eigenvalue weighted by atomic mass is 127. The van der Waals surface area contributed by atoms with Crippen LogP contribution in [0.5, 0.6) is 0 Å². The topological polar surface area (TPSA) is 57.8 Å². The summed E-state index contributed by atoms with van der Waals surface area (Å²) in [5, 5.41) is 12.1. The van der Waals surface area contributed by atoms with Gasteiger partial charge in [-0.2, -0.15) is 0 Å².